The van der Waals surface area contributed by atoms with Crippen molar-refractivity contribution in [3.05, 3.63) is 83.4 Å². The van der Waals surface area contributed by atoms with Crippen LogP contribution in [0.3, 0.4) is 0 Å². The summed E-state index contributed by atoms with van der Waals surface area (Å²) in [4.78, 5) is -1.05. The number of hydrogen-bond acceptors (Lipinski definition) is 14. The molecule has 6 N–H and O–H groups in total. The van der Waals surface area contributed by atoms with Crippen molar-refractivity contribution >= 4 is 76.5 Å². The molecule has 0 bridgehead atoms. The summed E-state index contributed by atoms with van der Waals surface area (Å²) >= 11 is 0. The van der Waals surface area contributed by atoms with E-state index < -0.39 is 30.0 Å². The Kier molecular flexibility index (Phi) is 10.1. The molecular formula is C33H32N8O8S2. The quantitative estimate of drug-likeness (QED) is 0.0603. The zero-order chi connectivity index (χ0) is 37.2. The summed E-state index contributed by atoms with van der Waals surface area (Å²) in [5.41, 5.74) is 16.0. The average molecular weight is 733 g/mol. The van der Waals surface area contributed by atoms with Crippen LogP contribution in [0.1, 0.15) is 16.7 Å². The van der Waals surface area contributed by atoms with Crippen LogP contribution in [0.2, 0.25) is 0 Å². The fraction of sp³-hybridized carbons (Fsp3) is 0.152. The van der Waals surface area contributed by atoms with Crippen molar-refractivity contribution < 1.29 is 35.4 Å². The molecule has 0 atom stereocenters. The number of fused-ring (bicyclic) bond motifs is 1. The monoisotopic (exact) mass is 732 g/mol. The Bertz CT molecular complexity index is 2520. The van der Waals surface area contributed by atoms with Crippen LogP contribution in [0.4, 0.5) is 45.5 Å². The van der Waals surface area contributed by atoms with Gasteiger partial charge in [-0.05, 0) is 86.0 Å². The van der Waals surface area contributed by atoms with Gasteiger partial charge in [-0.2, -0.15) is 27.1 Å². The van der Waals surface area contributed by atoms with Crippen molar-refractivity contribution in [1.29, 1.82) is 0 Å². The lowest BCUT2D eigenvalue weighted by molar-refractivity contribution is 0.415. The van der Waals surface area contributed by atoms with Gasteiger partial charge in [0.25, 0.3) is 20.2 Å². The van der Waals surface area contributed by atoms with Crippen molar-refractivity contribution in [1.82, 2.24) is 0 Å². The molecule has 264 valence electrons. The second kappa shape index (κ2) is 14.2. The van der Waals surface area contributed by atoms with E-state index in [1.54, 1.807) is 51.1 Å². The summed E-state index contributed by atoms with van der Waals surface area (Å²) in [6, 6.07) is 15.7. The first-order valence-electron chi connectivity index (χ1n) is 14.8. The number of nitrogens with zero attached hydrogens (tertiary/aromatic N) is 6. The molecule has 5 aromatic carbocycles. The van der Waals surface area contributed by atoms with Gasteiger partial charge in [-0.3, -0.25) is 9.11 Å². The highest BCUT2D eigenvalue weighted by Crippen LogP contribution is 2.41. The minimum absolute atomic E-state index is 0.0213. The molecule has 0 aliphatic rings. The van der Waals surface area contributed by atoms with Crippen molar-refractivity contribution in [3.8, 4) is 11.5 Å². The first-order valence-corrected chi connectivity index (χ1v) is 17.7. The first-order chi connectivity index (χ1) is 24.0. The molecule has 0 aromatic heterocycles. The van der Waals surface area contributed by atoms with Gasteiger partial charge in [0.05, 0.1) is 47.6 Å². The standard InChI is InChI=1S/C33H32N8O8S2/c1-17-12-27(18(2)10-23(17)34)38-41-30-15-32(49-5)29(16-33(30)51(45,46)47)40-37-26-9-8-25(21-7-6-20(13-22(21)26)50(42,43)44)36-39-28-14-31(48-4)24(35)11-19(28)3/h6-16H,34-35H2,1-5H3,(H,42,43,44)(H,45,46,47). The van der Waals surface area contributed by atoms with Crippen molar-refractivity contribution in [3.63, 3.8) is 0 Å². The van der Waals surface area contributed by atoms with E-state index in [9.17, 15) is 25.9 Å². The highest BCUT2D eigenvalue weighted by Gasteiger charge is 2.21. The fourth-order valence-corrected chi connectivity index (χ4v) is 6.07. The zero-order valence-corrected chi connectivity index (χ0v) is 29.5. The third kappa shape index (κ3) is 7.99. The van der Waals surface area contributed by atoms with E-state index in [1.165, 1.54) is 44.6 Å². The summed E-state index contributed by atoms with van der Waals surface area (Å²) in [5.74, 6) is 0.427. The van der Waals surface area contributed by atoms with Crippen LogP contribution in [-0.4, -0.2) is 40.2 Å². The molecule has 0 radical (unpaired) electrons. The number of anilines is 2. The summed E-state index contributed by atoms with van der Waals surface area (Å²) < 4.78 is 79.5. The lowest BCUT2D eigenvalue weighted by Gasteiger charge is -2.10. The Morgan fingerprint density at radius 1 is 0.510 bits per heavy atom. The molecule has 0 aliphatic carbocycles. The van der Waals surface area contributed by atoms with E-state index in [1.807, 2.05) is 0 Å². The molecule has 0 saturated heterocycles. The van der Waals surface area contributed by atoms with Gasteiger partial charge in [0.1, 0.15) is 27.8 Å². The van der Waals surface area contributed by atoms with E-state index in [-0.39, 0.29) is 28.2 Å². The minimum atomic E-state index is -4.86. The normalized spacial score (nSPS) is 12.5. The van der Waals surface area contributed by atoms with Crippen molar-refractivity contribution in [2.45, 2.75) is 30.6 Å². The van der Waals surface area contributed by atoms with Crippen LogP contribution in [0, 0.1) is 20.8 Å². The Labute approximate surface area is 293 Å². The molecule has 18 heteroatoms. The van der Waals surface area contributed by atoms with Gasteiger partial charge in [-0.25, -0.2) is 0 Å². The molecular weight excluding hydrogens is 701 g/mol. The van der Waals surface area contributed by atoms with Crippen LogP contribution >= 0.6 is 0 Å². The molecule has 5 rings (SSSR count). The maximum Gasteiger partial charge on any atom is 0.296 e. The fourth-order valence-electron chi connectivity index (χ4n) is 4.93. The van der Waals surface area contributed by atoms with Gasteiger partial charge in [-0.15, -0.1) is 20.5 Å². The van der Waals surface area contributed by atoms with Crippen LogP contribution in [0.15, 0.2) is 107 Å². The number of aryl methyl sites for hydroxylation is 3. The van der Waals surface area contributed by atoms with Gasteiger partial charge in [0, 0.05) is 28.6 Å². The van der Waals surface area contributed by atoms with Crippen molar-refractivity contribution in [2.24, 2.45) is 30.7 Å². The molecule has 16 nitrogen and oxygen atoms in total. The molecule has 5 aromatic rings. The largest absolute Gasteiger partial charge is 0.495 e. The molecule has 0 saturated carbocycles. The van der Waals surface area contributed by atoms with E-state index in [4.69, 9.17) is 20.9 Å². The molecule has 0 fully saturated rings. The predicted molar refractivity (Wildman–Crippen MR) is 192 cm³/mol. The Morgan fingerprint density at radius 3 is 1.61 bits per heavy atom. The second-order valence-corrected chi connectivity index (χ2v) is 14.0. The van der Waals surface area contributed by atoms with Gasteiger partial charge >= 0.3 is 0 Å². The molecule has 0 heterocycles. The highest BCUT2D eigenvalue weighted by molar-refractivity contribution is 7.86. The lowest BCUT2D eigenvalue weighted by Crippen LogP contribution is -1.99. The van der Waals surface area contributed by atoms with E-state index >= 15 is 0 Å². The van der Waals surface area contributed by atoms with E-state index in [2.05, 4.69) is 30.7 Å². The Morgan fingerprint density at radius 2 is 1.02 bits per heavy atom. The Balaban J connectivity index is 1.61. The number of azo groups is 3. The SMILES string of the molecule is COc1cc(N=Nc2ccc(N=Nc3cc(S(=O)(=O)O)c(N=Nc4cc(C)c(N)cc4C)cc3OC)c3cc(S(=O)(=O)O)ccc23)c(C)cc1N. The van der Waals surface area contributed by atoms with Crippen LogP contribution < -0.4 is 20.9 Å². The maximum absolute atomic E-state index is 12.4. The zero-order valence-electron chi connectivity index (χ0n) is 27.8. The van der Waals surface area contributed by atoms with Gasteiger partial charge in [0.15, 0.2) is 0 Å². The maximum atomic E-state index is 12.4. The smallest absolute Gasteiger partial charge is 0.296 e. The van der Waals surface area contributed by atoms with Crippen molar-refractivity contribution in [2.75, 3.05) is 25.7 Å². The number of hydrogen-bond donors (Lipinski definition) is 4. The number of nitrogen functional groups attached to an aromatic ring is 2. The molecule has 0 spiro atoms. The van der Waals surface area contributed by atoms with E-state index in [0.29, 0.717) is 45.1 Å². The third-order valence-electron chi connectivity index (χ3n) is 7.71. The van der Waals surface area contributed by atoms with Crippen LogP contribution in [0.5, 0.6) is 11.5 Å². The highest BCUT2D eigenvalue weighted by atomic mass is 32.2. The predicted octanol–water partition coefficient (Wildman–Crippen LogP) is 8.69. The lowest BCUT2D eigenvalue weighted by atomic mass is 10.1. The topological polar surface area (TPSA) is 253 Å². The molecule has 0 aliphatic heterocycles. The van der Waals surface area contributed by atoms with Gasteiger partial charge < -0.3 is 20.9 Å². The summed E-state index contributed by atoms with van der Waals surface area (Å²) in [5, 5.41) is 25.9. The minimum Gasteiger partial charge on any atom is -0.495 e. The number of nitrogens with two attached hydrogens (primary N) is 2. The first kappa shape index (κ1) is 36.5. The Hall–Kier alpha value is -5.82. The average Bonchev–Trinajstić information content (AvgIpc) is 3.07. The summed E-state index contributed by atoms with van der Waals surface area (Å²) in [6.07, 6.45) is 0. The van der Waals surface area contributed by atoms with Crippen LogP contribution in [0.25, 0.3) is 10.8 Å². The molecule has 51 heavy (non-hydrogen) atoms. The van der Waals surface area contributed by atoms with E-state index in [0.717, 1.165) is 17.2 Å². The molecule has 0 unspecified atom stereocenters. The van der Waals surface area contributed by atoms with Gasteiger partial charge in [-0.1, -0.05) is 6.07 Å². The van der Waals surface area contributed by atoms with Gasteiger partial charge in [0.2, 0.25) is 0 Å². The summed E-state index contributed by atoms with van der Waals surface area (Å²) in [7, 11) is -6.71. The third-order valence-corrected chi connectivity index (χ3v) is 9.44. The number of ether oxygens (including phenoxy) is 2. The number of methoxy groups -OCH3 is 2. The number of rotatable bonds is 10. The summed E-state index contributed by atoms with van der Waals surface area (Å²) in [6.45, 7) is 5.34. The number of benzene rings is 5. The van der Waals surface area contributed by atoms with Crippen LogP contribution in [-0.2, 0) is 20.2 Å². The second-order valence-electron chi connectivity index (χ2n) is 11.2. The molecule has 0 amide bonds.